The zero-order valence-electron chi connectivity index (χ0n) is 20.2. The number of carbonyl (C=O) groups is 1. The highest BCUT2D eigenvalue weighted by molar-refractivity contribution is 7.90. The van der Waals surface area contributed by atoms with Crippen LogP contribution in [-0.4, -0.2) is 81.6 Å². The second-order valence-electron chi connectivity index (χ2n) is 11.2. The summed E-state index contributed by atoms with van der Waals surface area (Å²) in [7, 11) is -3.28. The molecule has 2 saturated carbocycles. The van der Waals surface area contributed by atoms with Crippen LogP contribution in [0.1, 0.15) is 60.6 Å². The van der Waals surface area contributed by atoms with Crippen molar-refractivity contribution in [3.8, 4) is 5.69 Å². The molecule has 10 nitrogen and oxygen atoms in total. The first-order valence-corrected chi connectivity index (χ1v) is 14.5. The predicted molar refractivity (Wildman–Crippen MR) is 131 cm³/mol. The van der Waals surface area contributed by atoms with Gasteiger partial charge in [-0.2, -0.15) is 5.10 Å². The summed E-state index contributed by atoms with van der Waals surface area (Å²) in [5.74, 6) is 3.47. The van der Waals surface area contributed by atoms with Crippen molar-refractivity contribution in [2.45, 2.75) is 48.3 Å². The second-order valence-corrected chi connectivity index (χ2v) is 13.2. The number of hydrogen-bond acceptors (Lipinski definition) is 6. The van der Waals surface area contributed by atoms with E-state index in [9.17, 15) is 13.2 Å². The Labute approximate surface area is 209 Å². The molecule has 2 amide bonds. The lowest BCUT2D eigenvalue weighted by molar-refractivity contribution is -0.0601. The van der Waals surface area contributed by atoms with Crippen LogP contribution in [0.3, 0.4) is 0 Å². The molecule has 2 aromatic heterocycles. The fourth-order valence-electron chi connectivity index (χ4n) is 5.93. The molecule has 0 bridgehead atoms. The number of urea groups is 1. The molecule has 1 spiro atoms. The molecule has 1 N–H and O–H groups in total. The van der Waals surface area contributed by atoms with Gasteiger partial charge in [-0.3, -0.25) is 0 Å². The maximum atomic E-state index is 12.9. The third-order valence-electron chi connectivity index (χ3n) is 8.32. The van der Waals surface area contributed by atoms with Gasteiger partial charge in [-0.15, -0.1) is 10.2 Å². The van der Waals surface area contributed by atoms with Gasteiger partial charge >= 0.3 is 6.03 Å². The molecule has 11 heteroatoms. The van der Waals surface area contributed by atoms with E-state index in [0.717, 1.165) is 56.4 Å². The fraction of sp³-hybridized carbons (Fsp3) is 0.520. The van der Waals surface area contributed by atoms with Crippen molar-refractivity contribution in [2.75, 3.05) is 32.4 Å². The summed E-state index contributed by atoms with van der Waals surface area (Å²) in [5, 5.41) is 12.9. The van der Waals surface area contributed by atoms with Crippen LogP contribution in [0.2, 0.25) is 0 Å². The SMILES string of the molecule is CS(=O)(=O)c1cnn(-c2ccc(C3CN(C(=O)N4CC5(CC(c6nnc(C7CC7)[nH]6)C5)C4)C3)cc2)c1. The summed E-state index contributed by atoms with van der Waals surface area (Å²) in [6.45, 7) is 3.15. The van der Waals surface area contributed by atoms with Gasteiger partial charge in [0.1, 0.15) is 16.5 Å². The van der Waals surface area contributed by atoms with Gasteiger partial charge in [-0.05, 0) is 43.4 Å². The molecule has 36 heavy (non-hydrogen) atoms. The normalized spacial score (nSPS) is 21.8. The molecule has 2 aliphatic heterocycles. The van der Waals surface area contributed by atoms with E-state index in [0.29, 0.717) is 17.8 Å². The van der Waals surface area contributed by atoms with Crippen LogP contribution in [0.25, 0.3) is 5.69 Å². The van der Waals surface area contributed by atoms with Crippen molar-refractivity contribution in [3.63, 3.8) is 0 Å². The first-order valence-electron chi connectivity index (χ1n) is 12.6. The number of carbonyl (C=O) groups excluding carboxylic acids is 1. The molecule has 2 aliphatic carbocycles. The minimum atomic E-state index is -3.28. The summed E-state index contributed by atoms with van der Waals surface area (Å²) < 4.78 is 24.9. The number of aromatic amines is 1. The van der Waals surface area contributed by atoms with Crippen molar-refractivity contribution in [3.05, 3.63) is 53.9 Å². The molecule has 4 fully saturated rings. The van der Waals surface area contributed by atoms with Gasteiger partial charge in [0.15, 0.2) is 9.84 Å². The summed E-state index contributed by atoms with van der Waals surface area (Å²) >= 11 is 0. The molecule has 188 valence electrons. The molecular formula is C25H29N7O3S. The quantitative estimate of drug-likeness (QED) is 0.568. The first-order chi connectivity index (χ1) is 17.3. The van der Waals surface area contributed by atoms with Gasteiger partial charge < -0.3 is 14.8 Å². The molecule has 1 aromatic carbocycles. The van der Waals surface area contributed by atoms with Gasteiger partial charge in [0.2, 0.25) is 0 Å². The lowest BCUT2D eigenvalue weighted by atomic mass is 9.57. The number of amides is 2. The zero-order chi connectivity index (χ0) is 24.7. The maximum absolute atomic E-state index is 12.9. The second kappa shape index (κ2) is 7.64. The van der Waals surface area contributed by atoms with Crippen molar-refractivity contribution in [2.24, 2.45) is 5.41 Å². The minimum absolute atomic E-state index is 0.150. The number of nitrogens with zero attached hydrogens (tertiary/aromatic N) is 6. The van der Waals surface area contributed by atoms with E-state index in [1.807, 2.05) is 34.1 Å². The van der Waals surface area contributed by atoms with Gasteiger partial charge in [0.05, 0.1) is 11.9 Å². The zero-order valence-corrected chi connectivity index (χ0v) is 21.0. The predicted octanol–water partition coefficient (Wildman–Crippen LogP) is 2.67. The molecule has 0 radical (unpaired) electrons. The highest BCUT2D eigenvalue weighted by atomic mass is 32.2. The lowest BCUT2D eigenvalue weighted by Gasteiger charge is -2.59. The van der Waals surface area contributed by atoms with Crippen molar-refractivity contribution in [1.82, 2.24) is 34.8 Å². The number of likely N-dealkylation sites (tertiary alicyclic amines) is 2. The Morgan fingerprint density at radius 3 is 2.25 bits per heavy atom. The highest BCUT2D eigenvalue weighted by Crippen LogP contribution is 2.56. The summed E-state index contributed by atoms with van der Waals surface area (Å²) in [4.78, 5) is 20.5. The number of sulfone groups is 1. The van der Waals surface area contributed by atoms with E-state index in [2.05, 4.69) is 20.3 Å². The van der Waals surface area contributed by atoms with Crippen molar-refractivity contribution < 1.29 is 13.2 Å². The van der Waals surface area contributed by atoms with Crippen LogP contribution in [0.15, 0.2) is 41.6 Å². The van der Waals surface area contributed by atoms with Crippen LogP contribution in [0, 0.1) is 5.41 Å². The first kappa shape index (κ1) is 22.0. The van der Waals surface area contributed by atoms with Crippen LogP contribution in [-0.2, 0) is 9.84 Å². The monoisotopic (exact) mass is 507 g/mol. The van der Waals surface area contributed by atoms with Crippen molar-refractivity contribution in [1.29, 1.82) is 0 Å². The number of hydrogen-bond donors (Lipinski definition) is 1. The third-order valence-corrected chi connectivity index (χ3v) is 9.39. The molecular weight excluding hydrogens is 478 g/mol. The van der Waals surface area contributed by atoms with E-state index in [1.165, 1.54) is 37.1 Å². The largest absolute Gasteiger partial charge is 0.328 e. The van der Waals surface area contributed by atoms with Crippen LogP contribution in [0.4, 0.5) is 4.79 Å². The topological polar surface area (TPSA) is 117 Å². The van der Waals surface area contributed by atoms with Crippen molar-refractivity contribution >= 4 is 15.9 Å². The number of H-pyrrole nitrogens is 1. The molecule has 2 saturated heterocycles. The van der Waals surface area contributed by atoms with Gasteiger partial charge in [0, 0.05) is 61.8 Å². The Morgan fingerprint density at radius 1 is 0.972 bits per heavy atom. The molecule has 4 aliphatic rings. The average molecular weight is 508 g/mol. The Kier molecular flexibility index (Phi) is 4.68. The maximum Gasteiger partial charge on any atom is 0.320 e. The van der Waals surface area contributed by atoms with E-state index in [4.69, 9.17) is 0 Å². The van der Waals surface area contributed by atoms with E-state index >= 15 is 0 Å². The van der Waals surface area contributed by atoms with E-state index < -0.39 is 9.84 Å². The van der Waals surface area contributed by atoms with Crippen LogP contribution in [0.5, 0.6) is 0 Å². The van der Waals surface area contributed by atoms with E-state index in [-0.39, 0.29) is 16.3 Å². The van der Waals surface area contributed by atoms with Crippen LogP contribution >= 0.6 is 0 Å². The lowest BCUT2D eigenvalue weighted by Crippen LogP contribution is -2.67. The Hall–Kier alpha value is -3.21. The number of nitrogens with one attached hydrogen (secondary N) is 1. The molecule has 4 heterocycles. The fourth-order valence-corrected chi connectivity index (χ4v) is 6.46. The molecule has 7 rings (SSSR count). The Morgan fingerprint density at radius 2 is 1.64 bits per heavy atom. The molecule has 0 atom stereocenters. The van der Waals surface area contributed by atoms with Crippen LogP contribution < -0.4 is 0 Å². The Bertz CT molecular complexity index is 1420. The Balaban J connectivity index is 0.894. The van der Waals surface area contributed by atoms with Gasteiger partial charge in [0.25, 0.3) is 0 Å². The summed E-state index contributed by atoms with van der Waals surface area (Å²) in [5.41, 5.74) is 2.26. The third kappa shape index (κ3) is 3.71. The average Bonchev–Trinajstić information content (AvgIpc) is 3.27. The van der Waals surface area contributed by atoms with Gasteiger partial charge in [-0.1, -0.05) is 12.1 Å². The standard InChI is InChI=1S/C25H29N7O3S/c1-36(34,35)21-10-26-32(13-21)20-6-4-16(5-7-20)19-11-30(12-19)24(33)31-14-25(15-31)8-18(9-25)23-27-22(28-29-23)17-2-3-17/h4-7,10,13,17-19H,2-3,8-9,11-12,14-15H2,1H3,(H,27,28,29). The highest BCUT2D eigenvalue weighted by Gasteiger charge is 2.56. The minimum Gasteiger partial charge on any atom is -0.328 e. The number of rotatable bonds is 5. The number of benzene rings is 1. The molecule has 3 aromatic rings. The van der Waals surface area contributed by atoms with E-state index in [1.54, 1.807) is 4.68 Å². The number of aromatic nitrogens is 5. The van der Waals surface area contributed by atoms with Gasteiger partial charge in [-0.25, -0.2) is 17.9 Å². The molecule has 0 unspecified atom stereocenters. The summed E-state index contributed by atoms with van der Waals surface area (Å²) in [6, 6.07) is 8.10. The summed E-state index contributed by atoms with van der Waals surface area (Å²) in [6.07, 6.45) is 8.69. The smallest absolute Gasteiger partial charge is 0.320 e.